The van der Waals surface area contributed by atoms with Gasteiger partial charge in [-0.2, -0.15) is 0 Å². The van der Waals surface area contributed by atoms with Crippen LogP contribution in [-0.2, 0) is 0 Å². The van der Waals surface area contributed by atoms with Crippen LogP contribution >= 0.6 is 0 Å². The molecule has 0 atom stereocenters. The molecule has 0 unspecified atom stereocenters. The van der Waals surface area contributed by atoms with Gasteiger partial charge in [0.2, 0.25) is 0 Å². The maximum Gasteiger partial charge on any atom is 0.263 e. The zero-order valence-corrected chi connectivity index (χ0v) is 10.6. The molecule has 5 nitrogen and oxygen atoms in total. The summed E-state index contributed by atoms with van der Waals surface area (Å²) in [6.07, 6.45) is 0. The van der Waals surface area contributed by atoms with E-state index in [1.165, 1.54) is 37.4 Å². The van der Waals surface area contributed by atoms with Crippen molar-refractivity contribution in [3.63, 3.8) is 0 Å². The molecule has 0 aliphatic heterocycles. The fourth-order valence-electron chi connectivity index (χ4n) is 1.69. The van der Waals surface area contributed by atoms with Crippen LogP contribution in [0.3, 0.4) is 0 Å². The summed E-state index contributed by atoms with van der Waals surface area (Å²) in [5, 5.41) is 21.6. The highest BCUT2D eigenvalue weighted by Crippen LogP contribution is 2.28. The highest BCUT2D eigenvalue weighted by atomic mass is 19.1. The lowest BCUT2D eigenvalue weighted by atomic mass is 10.1. The number of benzene rings is 2. The number of amides is 1. The summed E-state index contributed by atoms with van der Waals surface area (Å²) in [6.45, 7) is 0. The van der Waals surface area contributed by atoms with Crippen molar-refractivity contribution in [3.8, 4) is 17.2 Å². The smallest absolute Gasteiger partial charge is 0.263 e. The number of phenols is 2. The minimum atomic E-state index is -0.714. The minimum absolute atomic E-state index is 0.0238. The zero-order chi connectivity index (χ0) is 14.7. The van der Waals surface area contributed by atoms with Gasteiger partial charge in [-0.3, -0.25) is 4.79 Å². The van der Waals surface area contributed by atoms with E-state index in [4.69, 9.17) is 4.74 Å². The molecule has 0 aliphatic carbocycles. The number of carbonyl (C=O) groups excluding carboxylic acids is 1. The van der Waals surface area contributed by atoms with Crippen LogP contribution in [0.1, 0.15) is 10.4 Å². The second kappa shape index (κ2) is 5.48. The molecule has 0 spiro atoms. The van der Waals surface area contributed by atoms with E-state index >= 15 is 0 Å². The second-order valence-corrected chi connectivity index (χ2v) is 3.97. The first kappa shape index (κ1) is 13.7. The van der Waals surface area contributed by atoms with Crippen LogP contribution < -0.4 is 10.1 Å². The van der Waals surface area contributed by atoms with E-state index in [2.05, 4.69) is 5.32 Å². The fourth-order valence-corrected chi connectivity index (χ4v) is 1.69. The predicted octanol–water partition coefficient (Wildman–Crippen LogP) is 2.50. The Kier molecular flexibility index (Phi) is 3.74. The predicted molar refractivity (Wildman–Crippen MR) is 70.7 cm³/mol. The molecule has 0 radical (unpaired) electrons. The van der Waals surface area contributed by atoms with Crippen molar-refractivity contribution in [3.05, 3.63) is 47.8 Å². The van der Waals surface area contributed by atoms with Gasteiger partial charge in [-0.15, -0.1) is 0 Å². The van der Waals surface area contributed by atoms with Gasteiger partial charge < -0.3 is 20.3 Å². The Hall–Kier alpha value is -2.76. The average Bonchev–Trinajstić information content (AvgIpc) is 2.40. The van der Waals surface area contributed by atoms with Crippen molar-refractivity contribution in [1.82, 2.24) is 0 Å². The first-order valence-corrected chi connectivity index (χ1v) is 5.68. The summed E-state index contributed by atoms with van der Waals surface area (Å²) in [5.41, 5.74) is 0.0201. The molecule has 0 aromatic heterocycles. The number of nitrogens with one attached hydrogen (secondary N) is 1. The Balaban J connectivity index is 2.28. The minimum Gasteiger partial charge on any atom is -0.507 e. The van der Waals surface area contributed by atoms with Crippen LogP contribution in [0.15, 0.2) is 36.4 Å². The van der Waals surface area contributed by atoms with Gasteiger partial charge in [0, 0.05) is 11.8 Å². The fraction of sp³-hybridized carbons (Fsp3) is 0.0714. The summed E-state index contributed by atoms with van der Waals surface area (Å²) in [4.78, 5) is 12.0. The zero-order valence-electron chi connectivity index (χ0n) is 10.6. The summed E-state index contributed by atoms with van der Waals surface area (Å²) >= 11 is 0. The van der Waals surface area contributed by atoms with Gasteiger partial charge in [-0.05, 0) is 24.3 Å². The Morgan fingerprint density at radius 1 is 1.20 bits per heavy atom. The Morgan fingerprint density at radius 2 is 1.85 bits per heavy atom. The molecule has 1 amide bonds. The largest absolute Gasteiger partial charge is 0.507 e. The number of ether oxygens (including phenoxy) is 1. The molecule has 20 heavy (non-hydrogen) atoms. The molecule has 104 valence electrons. The highest BCUT2D eigenvalue weighted by molar-refractivity contribution is 6.08. The molecular formula is C14H12FNO4. The van der Waals surface area contributed by atoms with Gasteiger partial charge >= 0.3 is 0 Å². The average molecular weight is 277 g/mol. The molecule has 2 aromatic carbocycles. The SMILES string of the molecule is COc1cc(NC(=O)c2c(O)cccc2O)ccc1F. The highest BCUT2D eigenvalue weighted by Gasteiger charge is 2.16. The number of carbonyl (C=O) groups is 1. The van der Waals surface area contributed by atoms with E-state index in [-0.39, 0.29) is 28.5 Å². The first-order chi connectivity index (χ1) is 9.52. The lowest BCUT2D eigenvalue weighted by Crippen LogP contribution is -2.12. The summed E-state index contributed by atoms with van der Waals surface area (Å²) in [7, 11) is 1.30. The van der Waals surface area contributed by atoms with Crippen molar-refractivity contribution < 1.29 is 24.1 Å². The third kappa shape index (κ3) is 2.64. The Bertz CT molecular complexity index is 637. The second-order valence-electron chi connectivity index (χ2n) is 3.97. The molecular weight excluding hydrogens is 265 g/mol. The third-order valence-corrected chi connectivity index (χ3v) is 2.66. The van der Waals surface area contributed by atoms with E-state index in [0.29, 0.717) is 0 Å². The van der Waals surface area contributed by atoms with Crippen molar-refractivity contribution in [2.75, 3.05) is 12.4 Å². The monoisotopic (exact) mass is 277 g/mol. The summed E-state index contributed by atoms with van der Waals surface area (Å²) < 4.78 is 18.0. The van der Waals surface area contributed by atoms with Gasteiger partial charge in [0.25, 0.3) is 5.91 Å². The van der Waals surface area contributed by atoms with Gasteiger partial charge in [-0.1, -0.05) is 6.07 Å². The maximum atomic E-state index is 13.2. The van der Waals surface area contributed by atoms with E-state index in [1.54, 1.807) is 0 Å². The molecule has 3 N–H and O–H groups in total. The van der Waals surface area contributed by atoms with E-state index in [9.17, 15) is 19.4 Å². The van der Waals surface area contributed by atoms with Crippen LogP contribution in [0.25, 0.3) is 0 Å². The van der Waals surface area contributed by atoms with Crippen molar-refractivity contribution in [1.29, 1.82) is 0 Å². The topological polar surface area (TPSA) is 78.8 Å². The van der Waals surface area contributed by atoms with Crippen molar-refractivity contribution in [2.24, 2.45) is 0 Å². The number of halogens is 1. The van der Waals surface area contributed by atoms with Gasteiger partial charge in [-0.25, -0.2) is 4.39 Å². The number of phenolic OH excluding ortho intramolecular Hbond substituents is 2. The molecule has 0 fully saturated rings. The Morgan fingerprint density at radius 3 is 2.45 bits per heavy atom. The van der Waals surface area contributed by atoms with Crippen LogP contribution in [0.5, 0.6) is 17.2 Å². The molecule has 6 heteroatoms. The van der Waals surface area contributed by atoms with E-state index in [0.717, 1.165) is 6.07 Å². The van der Waals surface area contributed by atoms with Crippen molar-refractivity contribution >= 4 is 11.6 Å². The molecule has 0 aliphatic rings. The third-order valence-electron chi connectivity index (χ3n) is 2.66. The standard InChI is InChI=1S/C14H12FNO4/c1-20-12-7-8(5-6-9(12)15)16-14(19)13-10(17)3-2-4-11(13)18/h2-7,17-18H,1H3,(H,16,19). The molecule has 0 bridgehead atoms. The van der Waals surface area contributed by atoms with E-state index < -0.39 is 11.7 Å². The maximum absolute atomic E-state index is 13.2. The molecule has 0 saturated carbocycles. The first-order valence-electron chi connectivity index (χ1n) is 5.68. The number of aromatic hydroxyl groups is 2. The quantitative estimate of drug-likeness (QED) is 0.805. The number of rotatable bonds is 3. The van der Waals surface area contributed by atoms with Gasteiger partial charge in [0.15, 0.2) is 11.6 Å². The van der Waals surface area contributed by atoms with Crippen LogP contribution in [-0.4, -0.2) is 23.2 Å². The van der Waals surface area contributed by atoms with Crippen LogP contribution in [0.2, 0.25) is 0 Å². The molecule has 2 rings (SSSR count). The van der Waals surface area contributed by atoms with E-state index in [1.807, 2.05) is 0 Å². The summed E-state index contributed by atoms with van der Waals surface area (Å²) in [6, 6.07) is 7.73. The molecule has 0 heterocycles. The number of hydrogen-bond acceptors (Lipinski definition) is 4. The lowest BCUT2D eigenvalue weighted by molar-refractivity contribution is 0.102. The number of methoxy groups -OCH3 is 1. The molecule has 0 saturated heterocycles. The van der Waals surface area contributed by atoms with Crippen LogP contribution in [0.4, 0.5) is 10.1 Å². The normalized spacial score (nSPS) is 10.1. The number of anilines is 1. The van der Waals surface area contributed by atoms with Crippen molar-refractivity contribution in [2.45, 2.75) is 0 Å². The van der Waals surface area contributed by atoms with Crippen LogP contribution in [0, 0.1) is 5.82 Å². The molecule has 2 aromatic rings. The lowest BCUT2D eigenvalue weighted by Gasteiger charge is -2.09. The van der Waals surface area contributed by atoms with Gasteiger partial charge in [0.1, 0.15) is 17.1 Å². The Labute approximate surface area is 114 Å². The number of hydrogen-bond donors (Lipinski definition) is 3. The summed E-state index contributed by atoms with van der Waals surface area (Å²) in [5.74, 6) is -2.00. The van der Waals surface area contributed by atoms with Gasteiger partial charge in [0.05, 0.1) is 7.11 Å².